The highest BCUT2D eigenvalue weighted by atomic mass is 19.1. The lowest BCUT2D eigenvalue weighted by Crippen LogP contribution is -2.42. The number of ether oxygens (including phenoxy) is 2. The number of carbonyl (C=O) groups is 2. The first-order valence-electron chi connectivity index (χ1n) is 7.94. The minimum atomic E-state index is -1.14. The minimum absolute atomic E-state index is 0.0434. The Morgan fingerprint density at radius 3 is 2.19 bits per heavy atom. The van der Waals surface area contributed by atoms with E-state index in [-0.39, 0.29) is 6.54 Å². The molecule has 0 saturated heterocycles. The van der Waals surface area contributed by atoms with Gasteiger partial charge < -0.3 is 19.5 Å². The van der Waals surface area contributed by atoms with Gasteiger partial charge in [0.2, 0.25) is 0 Å². The van der Waals surface area contributed by atoms with Crippen LogP contribution in [0.4, 0.5) is 4.39 Å². The van der Waals surface area contributed by atoms with Crippen LogP contribution in [0.2, 0.25) is 0 Å². The Morgan fingerprint density at radius 2 is 1.65 bits per heavy atom. The van der Waals surface area contributed by atoms with Crippen molar-refractivity contribution in [3.8, 4) is 11.5 Å². The molecule has 0 aliphatic heterocycles. The summed E-state index contributed by atoms with van der Waals surface area (Å²) in [7, 11) is 1.54. The smallest absolute Gasteiger partial charge is 0.323 e. The van der Waals surface area contributed by atoms with Gasteiger partial charge in [-0.15, -0.1) is 0 Å². The van der Waals surface area contributed by atoms with Gasteiger partial charge in [-0.1, -0.05) is 12.1 Å². The highest BCUT2D eigenvalue weighted by molar-refractivity contribution is 5.84. The van der Waals surface area contributed by atoms with Crippen LogP contribution >= 0.6 is 0 Å². The molecule has 7 heteroatoms. The van der Waals surface area contributed by atoms with Crippen LogP contribution in [0.15, 0.2) is 48.5 Å². The fourth-order valence-corrected chi connectivity index (χ4v) is 2.35. The van der Waals surface area contributed by atoms with Gasteiger partial charge in [-0.25, -0.2) is 4.39 Å². The Morgan fingerprint density at radius 1 is 1.08 bits per heavy atom. The van der Waals surface area contributed by atoms with Crippen LogP contribution in [0, 0.1) is 5.82 Å². The zero-order valence-electron chi connectivity index (χ0n) is 14.5. The maximum atomic E-state index is 13.0. The molecule has 6 nitrogen and oxygen atoms in total. The van der Waals surface area contributed by atoms with Crippen LogP contribution in [0.5, 0.6) is 11.5 Å². The first kappa shape index (κ1) is 19.2. The van der Waals surface area contributed by atoms with E-state index in [0.717, 1.165) is 4.90 Å². The topological polar surface area (TPSA) is 76.1 Å². The van der Waals surface area contributed by atoms with Crippen LogP contribution in [0.1, 0.15) is 12.5 Å². The van der Waals surface area contributed by atoms with Gasteiger partial charge in [0.15, 0.2) is 6.10 Å². The summed E-state index contributed by atoms with van der Waals surface area (Å²) in [4.78, 5) is 24.9. The van der Waals surface area contributed by atoms with E-state index in [2.05, 4.69) is 0 Å². The average molecular weight is 361 g/mol. The maximum absolute atomic E-state index is 13.0. The molecule has 2 aromatic rings. The predicted molar refractivity (Wildman–Crippen MR) is 92.5 cm³/mol. The van der Waals surface area contributed by atoms with Crippen LogP contribution in [0.3, 0.4) is 0 Å². The Kier molecular flexibility index (Phi) is 6.54. The maximum Gasteiger partial charge on any atom is 0.323 e. The number of carbonyl (C=O) groups excluding carboxylic acids is 1. The number of amides is 1. The summed E-state index contributed by atoms with van der Waals surface area (Å²) in [6.07, 6.45) is -0.886. The molecule has 0 fully saturated rings. The number of nitrogens with zero attached hydrogens (tertiary/aromatic N) is 1. The second kappa shape index (κ2) is 8.84. The summed E-state index contributed by atoms with van der Waals surface area (Å²) < 4.78 is 23.7. The second-order valence-corrected chi connectivity index (χ2v) is 5.65. The lowest BCUT2D eigenvalue weighted by atomic mass is 10.2. The van der Waals surface area contributed by atoms with Gasteiger partial charge in [0.05, 0.1) is 7.11 Å². The van der Waals surface area contributed by atoms with Gasteiger partial charge in [0.1, 0.15) is 23.9 Å². The molecular formula is C19H20FNO5. The Balaban J connectivity index is 2.08. The van der Waals surface area contributed by atoms with Crippen molar-refractivity contribution >= 4 is 11.9 Å². The lowest BCUT2D eigenvalue weighted by Gasteiger charge is -2.25. The molecule has 0 aromatic heterocycles. The highest BCUT2D eigenvalue weighted by Crippen LogP contribution is 2.19. The van der Waals surface area contributed by atoms with Gasteiger partial charge in [0.25, 0.3) is 5.91 Å². The Labute approximate surface area is 150 Å². The first-order valence-corrected chi connectivity index (χ1v) is 7.94. The molecule has 1 N–H and O–H groups in total. The fraction of sp³-hybridized carbons (Fsp3) is 0.263. The fourth-order valence-electron chi connectivity index (χ4n) is 2.35. The van der Waals surface area contributed by atoms with Crippen molar-refractivity contribution in [3.05, 3.63) is 59.9 Å². The number of carboxylic acid groups (broad SMARTS) is 1. The van der Waals surface area contributed by atoms with Crippen LogP contribution in [-0.4, -0.2) is 41.6 Å². The molecule has 0 aliphatic rings. The molecule has 0 saturated carbocycles. The number of benzene rings is 2. The van der Waals surface area contributed by atoms with Crippen LogP contribution in [0.25, 0.3) is 0 Å². The van der Waals surface area contributed by atoms with E-state index < -0.39 is 30.3 Å². The molecule has 1 amide bonds. The van der Waals surface area contributed by atoms with Crippen molar-refractivity contribution in [2.24, 2.45) is 0 Å². The molecule has 1 atom stereocenters. The monoisotopic (exact) mass is 361 g/mol. The van der Waals surface area contributed by atoms with Crippen molar-refractivity contribution in [2.75, 3.05) is 13.7 Å². The van der Waals surface area contributed by atoms with Gasteiger partial charge in [0, 0.05) is 6.54 Å². The molecule has 2 aromatic carbocycles. The lowest BCUT2D eigenvalue weighted by molar-refractivity contribution is -0.148. The standard InChI is InChI=1S/C19H20FNO5/c1-13(26-17-9-7-16(25-2)8-10-17)19(24)21(12-18(22)23)11-14-3-5-15(20)6-4-14/h3-10,13H,11-12H2,1-2H3,(H,22,23). The number of carboxylic acids is 1. The van der Waals surface area contributed by atoms with E-state index >= 15 is 0 Å². The quantitative estimate of drug-likeness (QED) is 0.782. The molecule has 0 aliphatic carbocycles. The van der Waals surface area contributed by atoms with Crippen molar-refractivity contribution in [3.63, 3.8) is 0 Å². The number of hydrogen-bond donors (Lipinski definition) is 1. The zero-order chi connectivity index (χ0) is 19.1. The summed E-state index contributed by atoms with van der Waals surface area (Å²) in [6, 6.07) is 12.2. The zero-order valence-corrected chi connectivity index (χ0v) is 14.5. The van der Waals surface area contributed by atoms with E-state index in [1.54, 1.807) is 38.3 Å². The third kappa shape index (κ3) is 5.47. The summed E-state index contributed by atoms with van der Waals surface area (Å²) >= 11 is 0. The van der Waals surface area contributed by atoms with Crippen LogP contribution < -0.4 is 9.47 Å². The van der Waals surface area contributed by atoms with Gasteiger partial charge in [-0.3, -0.25) is 9.59 Å². The summed E-state index contributed by atoms with van der Waals surface area (Å²) in [5.41, 5.74) is 0.623. The normalized spacial score (nSPS) is 11.5. The molecule has 0 bridgehead atoms. The SMILES string of the molecule is COc1ccc(OC(C)C(=O)N(CC(=O)O)Cc2ccc(F)cc2)cc1. The summed E-state index contributed by atoms with van der Waals surface area (Å²) in [5.74, 6) is -0.908. The number of hydrogen-bond acceptors (Lipinski definition) is 4. The van der Waals surface area contributed by atoms with E-state index in [0.29, 0.717) is 17.1 Å². The second-order valence-electron chi connectivity index (χ2n) is 5.65. The van der Waals surface area contributed by atoms with E-state index in [9.17, 15) is 14.0 Å². The van der Waals surface area contributed by atoms with E-state index in [1.165, 1.54) is 24.3 Å². The number of methoxy groups -OCH3 is 1. The summed E-state index contributed by atoms with van der Waals surface area (Å²) in [6.45, 7) is 1.11. The Hall–Kier alpha value is -3.09. The first-order chi connectivity index (χ1) is 12.4. The van der Waals surface area contributed by atoms with Crippen molar-refractivity contribution in [1.82, 2.24) is 4.90 Å². The molecule has 0 spiro atoms. The van der Waals surface area contributed by atoms with Crippen molar-refractivity contribution in [1.29, 1.82) is 0 Å². The van der Waals surface area contributed by atoms with Crippen molar-refractivity contribution < 1.29 is 28.6 Å². The van der Waals surface area contributed by atoms with E-state index in [4.69, 9.17) is 14.6 Å². The molecule has 26 heavy (non-hydrogen) atoms. The van der Waals surface area contributed by atoms with Crippen LogP contribution in [-0.2, 0) is 16.1 Å². The Bertz CT molecular complexity index is 746. The molecular weight excluding hydrogens is 341 g/mol. The predicted octanol–water partition coefficient (Wildman–Crippen LogP) is 2.72. The number of halogens is 1. The molecule has 1 unspecified atom stereocenters. The summed E-state index contributed by atoms with van der Waals surface area (Å²) in [5, 5.41) is 9.08. The number of aliphatic carboxylic acids is 1. The third-order valence-electron chi connectivity index (χ3n) is 3.64. The third-order valence-corrected chi connectivity index (χ3v) is 3.64. The molecule has 0 radical (unpaired) electrons. The van der Waals surface area contributed by atoms with Gasteiger partial charge >= 0.3 is 5.97 Å². The van der Waals surface area contributed by atoms with Gasteiger partial charge in [-0.05, 0) is 48.9 Å². The average Bonchev–Trinajstić information content (AvgIpc) is 2.62. The van der Waals surface area contributed by atoms with Crippen molar-refractivity contribution in [2.45, 2.75) is 19.6 Å². The highest BCUT2D eigenvalue weighted by Gasteiger charge is 2.24. The largest absolute Gasteiger partial charge is 0.497 e. The number of rotatable bonds is 8. The molecule has 2 rings (SSSR count). The molecule has 0 heterocycles. The van der Waals surface area contributed by atoms with E-state index in [1.807, 2.05) is 0 Å². The minimum Gasteiger partial charge on any atom is -0.497 e. The van der Waals surface area contributed by atoms with Gasteiger partial charge in [-0.2, -0.15) is 0 Å². The molecule has 138 valence electrons.